The number of benzene rings is 2. The van der Waals surface area contributed by atoms with Crippen molar-refractivity contribution in [2.24, 2.45) is 0 Å². The number of urea groups is 1. The molecule has 1 aliphatic heterocycles. The summed E-state index contributed by atoms with van der Waals surface area (Å²) >= 11 is 1.79. The van der Waals surface area contributed by atoms with Crippen molar-refractivity contribution in [3.05, 3.63) is 64.5 Å². The van der Waals surface area contributed by atoms with E-state index in [0.717, 1.165) is 24.9 Å². The minimum absolute atomic E-state index is 0.133. The highest BCUT2D eigenvalue weighted by molar-refractivity contribution is 7.19. The molecule has 5 nitrogen and oxygen atoms in total. The topological polar surface area (TPSA) is 64.6 Å². The fraction of sp³-hybridized carbons (Fsp3) is 0.375. The molecule has 0 saturated carbocycles. The molecule has 0 aliphatic carbocycles. The lowest BCUT2D eigenvalue weighted by molar-refractivity contribution is 0.199. The number of likely N-dealkylation sites (N-methyl/N-ethyl adjacent to an activating group) is 1. The van der Waals surface area contributed by atoms with Crippen LogP contribution in [0.5, 0.6) is 5.75 Å². The molecule has 0 bridgehead atoms. The van der Waals surface area contributed by atoms with Gasteiger partial charge in [-0.15, -0.1) is 11.3 Å². The number of amides is 2. The Bertz CT molecular complexity index is 1030. The fourth-order valence-corrected chi connectivity index (χ4v) is 5.45. The number of nitrogens with zero attached hydrogens (tertiary/aromatic N) is 1. The number of carbonyl (C=O) groups excluding carboxylic acids is 1. The standard InChI is InChI=1S/C24H29N3O2S/c1-24(2,13-21-12-17-6-4-5-7-22(17)30-21)26-23(29)25-14-19-10-16-8-9-20(28)11-18(16)15-27(19)3/h4-9,11-12,19,28H,10,13-15H2,1-3H3,(H2,25,26,29). The van der Waals surface area contributed by atoms with Crippen LogP contribution in [0, 0.1) is 0 Å². The summed E-state index contributed by atoms with van der Waals surface area (Å²) in [6.07, 6.45) is 1.65. The molecule has 0 saturated heterocycles. The quantitative estimate of drug-likeness (QED) is 0.574. The number of thiophene rings is 1. The molecule has 6 heteroatoms. The maximum atomic E-state index is 12.6. The minimum atomic E-state index is -0.340. The average Bonchev–Trinajstić information content (AvgIpc) is 3.07. The molecule has 3 aromatic rings. The number of nitrogens with one attached hydrogen (secondary N) is 2. The van der Waals surface area contributed by atoms with Crippen LogP contribution < -0.4 is 10.6 Å². The van der Waals surface area contributed by atoms with E-state index in [1.165, 1.54) is 20.5 Å². The largest absolute Gasteiger partial charge is 0.508 e. The van der Waals surface area contributed by atoms with E-state index in [2.05, 4.69) is 66.8 Å². The Balaban J connectivity index is 1.32. The van der Waals surface area contributed by atoms with Crippen molar-refractivity contribution in [2.75, 3.05) is 13.6 Å². The van der Waals surface area contributed by atoms with Crippen LogP contribution in [0.1, 0.15) is 29.9 Å². The highest BCUT2D eigenvalue weighted by Gasteiger charge is 2.26. The van der Waals surface area contributed by atoms with Gasteiger partial charge >= 0.3 is 6.03 Å². The van der Waals surface area contributed by atoms with Crippen LogP contribution in [0.4, 0.5) is 4.79 Å². The Morgan fingerprint density at radius 1 is 1.20 bits per heavy atom. The van der Waals surface area contributed by atoms with Crippen LogP contribution in [-0.4, -0.2) is 41.2 Å². The third kappa shape index (κ3) is 4.77. The molecule has 0 radical (unpaired) electrons. The average molecular weight is 424 g/mol. The van der Waals surface area contributed by atoms with Gasteiger partial charge in [-0.1, -0.05) is 24.3 Å². The second-order valence-electron chi connectivity index (χ2n) is 8.87. The molecule has 1 aromatic heterocycles. The minimum Gasteiger partial charge on any atom is -0.508 e. The molecule has 1 unspecified atom stereocenters. The van der Waals surface area contributed by atoms with Crippen molar-refractivity contribution in [2.45, 2.75) is 44.8 Å². The van der Waals surface area contributed by atoms with E-state index in [-0.39, 0.29) is 17.6 Å². The van der Waals surface area contributed by atoms with Gasteiger partial charge in [0, 0.05) is 40.7 Å². The number of hydrogen-bond acceptors (Lipinski definition) is 4. The molecule has 30 heavy (non-hydrogen) atoms. The van der Waals surface area contributed by atoms with E-state index >= 15 is 0 Å². The summed E-state index contributed by atoms with van der Waals surface area (Å²) in [6.45, 7) is 5.48. The number of phenols is 1. The molecule has 2 aromatic carbocycles. The third-order valence-electron chi connectivity index (χ3n) is 5.73. The maximum absolute atomic E-state index is 12.6. The highest BCUT2D eigenvalue weighted by Crippen LogP contribution is 2.28. The Morgan fingerprint density at radius 3 is 2.80 bits per heavy atom. The van der Waals surface area contributed by atoms with E-state index in [4.69, 9.17) is 0 Å². The Morgan fingerprint density at radius 2 is 2.00 bits per heavy atom. The van der Waals surface area contributed by atoms with Gasteiger partial charge in [-0.3, -0.25) is 4.90 Å². The summed E-state index contributed by atoms with van der Waals surface area (Å²) in [5.41, 5.74) is 2.05. The fourth-order valence-electron chi connectivity index (χ4n) is 4.16. The lowest BCUT2D eigenvalue weighted by atomic mass is 9.94. The van der Waals surface area contributed by atoms with Crippen molar-refractivity contribution in [1.82, 2.24) is 15.5 Å². The van der Waals surface area contributed by atoms with Crippen molar-refractivity contribution in [1.29, 1.82) is 0 Å². The molecule has 2 amide bonds. The molecule has 1 aliphatic rings. The summed E-state index contributed by atoms with van der Waals surface area (Å²) in [4.78, 5) is 16.1. The Hall–Kier alpha value is -2.57. The Labute approximate surface area is 181 Å². The van der Waals surface area contributed by atoms with E-state index in [1.54, 1.807) is 17.4 Å². The van der Waals surface area contributed by atoms with Gasteiger partial charge in [0.1, 0.15) is 5.75 Å². The molecule has 3 N–H and O–H groups in total. The van der Waals surface area contributed by atoms with Gasteiger partial charge in [0.2, 0.25) is 0 Å². The summed E-state index contributed by atoms with van der Waals surface area (Å²) in [5, 5.41) is 17.1. The lowest BCUT2D eigenvalue weighted by Crippen LogP contribution is -2.53. The lowest BCUT2D eigenvalue weighted by Gasteiger charge is -2.34. The molecule has 2 heterocycles. The molecule has 158 valence electrons. The normalized spacial score (nSPS) is 17.0. The first-order valence-electron chi connectivity index (χ1n) is 10.3. The second kappa shape index (κ2) is 8.28. The molecule has 4 rings (SSSR count). The van der Waals surface area contributed by atoms with Crippen LogP contribution in [0.2, 0.25) is 0 Å². The van der Waals surface area contributed by atoms with Crippen LogP contribution >= 0.6 is 11.3 Å². The van der Waals surface area contributed by atoms with E-state index in [9.17, 15) is 9.90 Å². The Kier molecular flexibility index (Phi) is 5.71. The van der Waals surface area contributed by atoms with Crippen LogP contribution in [0.25, 0.3) is 10.1 Å². The summed E-state index contributed by atoms with van der Waals surface area (Å²) < 4.78 is 1.28. The maximum Gasteiger partial charge on any atom is 0.315 e. The van der Waals surface area contributed by atoms with E-state index < -0.39 is 0 Å². The molecule has 0 fully saturated rings. The zero-order valence-corrected chi connectivity index (χ0v) is 18.6. The number of carbonyl (C=O) groups is 1. The highest BCUT2D eigenvalue weighted by atomic mass is 32.1. The van der Waals surface area contributed by atoms with Gasteiger partial charge in [-0.05, 0) is 68.1 Å². The van der Waals surface area contributed by atoms with Crippen molar-refractivity contribution in [3.63, 3.8) is 0 Å². The third-order valence-corrected chi connectivity index (χ3v) is 6.85. The number of phenolic OH excluding ortho intramolecular Hbond substituents is 1. The van der Waals surface area contributed by atoms with Crippen molar-refractivity contribution >= 4 is 27.5 Å². The summed E-state index contributed by atoms with van der Waals surface area (Å²) in [5.74, 6) is 0.305. The van der Waals surface area contributed by atoms with Gasteiger partial charge in [0.25, 0.3) is 0 Å². The number of hydrogen-bond donors (Lipinski definition) is 3. The first-order valence-corrected chi connectivity index (χ1v) is 11.2. The van der Waals surface area contributed by atoms with Gasteiger partial charge in [0.05, 0.1) is 0 Å². The van der Waals surface area contributed by atoms with Crippen molar-refractivity contribution < 1.29 is 9.90 Å². The second-order valence-corrected chi connectivity index (χ2v) is 10.0. The van der Waals surface area contributed by atoms with Crippen LogP contribution in [0.3, 0.4) is 0 Å². The van der Waals surface area contributed by atoms with Gasteiger partial charge in [-0.2, -0.15) is 0 Å². The first-order chi connectivity index (χ1) is 14.3. The van der Waals surface area contributed by atoms with E-state index in [0.29, 0.717) is 12.3 Å². The predicted molar refractivity (Wildman–Crippen MR) is 123 cm³/mol. The summed E-state index contributed by atoms with van der Waals surface area (Å²) in [6, 6.07) is 16.2. The molecular formula is C24H29N3O2S. The van der Waals surface area contributed by atoms with Crippen LogP contribution in [-0.2, 0) is 19.4 Å². The monoisotopic (exact) mass is 423 g/mol. The number of fused-ring (bicyclic) bond motifs is 2. The molecule has 0 spiro atoms. The summed E-state index contributed by atoms with van der Waals surface area (Å²) in [7, 11) is 2.06. The SMILES string of the molecule is CN1Cc2cc(O)ccc2CC1CNC(=O)NC(C)(C)Cc1cc2ccccc2s1. The van der Waals surface area contributed by atoms with Crippen LogP contribution in [0.15, 0.2) is 48.5 Å². The molecule has 1 atom stereocenters. The van der Waals surface area contributed by atoms with Gasteiger partial charge < -0.3 is 15.7 Å². The first kappa shape index (κ1) is 20.7. The zero-order valence-electron chi connectivity index (χ0n) is 17.7. The van der Waals surface area contributed by atoms with Gasteiger partial charge in [-0.25, -0.2) is 4.79 Å². The predicted octanol–water partition coefficient (Wildman–Crippen LogP) is 4.28. The van der Waals surface area contributed by atoms with Crippen molar-refractivity contribution in [3.8, 4) is 5.75 Å². The zero-order chi connectivity index (χ0) is 21.3. The van der Waals surface area contributed by atoms with E-state index in [1.807, 2.05) is 12.1 Å². The number of rotatable bonds is 5. The van der Waals surface area contributed by atoms with Gasteiger partial charge in [0.15, 0.2) is 0 Å². The molecular weight excluding hydrogens is 394 g/mol. The number of aromatic hydroxyl groups is 1. The smallest absolute Gasteiger partial charge is 0.315 e.